The lowest BCUT2D eigenvalue weighted by atomic mass is 9.77. The SMILES string of the molecule is CC1(C)c2ccccc2-c2ccc(-c3c4ccccc4c(-c4ccc5c(c4)C(C)(C)c4ccccc4-5)c4cc5c(cc34)-c3ccc(-c4cccc(-c6ccccc6)c4)cc3C5(C)C)cc21. The molecule has 3 aliphatic carbocycles. The van der Waals surface area contributed by atoms with Gasteiger partial charge >= 0.3 is 0 Å². The second-order valence-electron chi connectivity index (χ2n) is 20.4. The third-order valence-electron chi connectivity index (χ3n) is 15.9. The lowest BCUT2D eigenvalue weighted by molar-refractivity contribution is 0.660. The molecule has 0 nitrogen and oxygen atoms in total. The Morgan fingerprint density at radius 3 is 1.15 bits per heavy atom. The predicted octanol–water partition coefficient (Wildman–Crippen LogP) is 17.6. The summed E-state index contributed by atoms with van der Waals surface area (Å²) in [5.74, 6) is 0. The second-order valence-corrected chi connectivity index (χ2v) is 20.4. The molecule has 13 rings (SSSR count). The van der Waals surface area contributed by atoms with Crippen LogP contribution in [0.3, 0.4) is 0 Å². The molecule has 0 aliphatic heterocycles. The molecule has 0 radical (unpaired) electrons. The average molecular weight is 831 g/mol. The van der Waals surface area contributed by atoms with Crippen molar-refractivity contribution in [1.29, 1.82) is 0 Å². The van der Waals surface area contributed by atoms with Gasteiger partial charge < -0.3 is 0 Å². The highest BCUT2D eigenvalue weighted by Gasteiger charge is 2.39. The van der Waals surface area contributed by atoms with Crippen LogP contribution >= 0.6 is 0 Å². The molecular weight excluding hydrogens is 781 g/mol. The molecule has 0 heterocycles. The van der Waals surface area contributed by atoms with Crippen molar-refractivity contribution in [3.63, 3.8) is 0 Å². The van der Waals surface area contributed by atoms with E-state index in [1.807, 2.05) is 0 Å². The Bertz CT molecular complexity index is 3670. The van der Waals surface area contributed by atoms with Crippen LogP contribution in [0.2, 0.25) is 0 Å². The van der Waals surface area contributed by atoms with Gasteiger partial charge in [-0.25, -0.2) is 0 Å². The van der Waals surface area contributed by atoms with Crippen molar-refractivity contribution in [3.8, 4) is 77.9 Å². The molecule has 0 N–H and O–H groups in total. The highest BCUT2D eigenvalue weighted by Crippen LogP contribution is 2.57. The topological polar surface area (TPSA) is 0 Å². The second kappa shape index (κ2) is 13.4. The molecule has 65 heavy (non-hydrogen) atoms. The number of hydrogen-bond acceptors (Lipinski definition) is 0. The highest BCUT2D eigenvalue weighted by molar-refractivity contribution is 6.23. The highest BCUT2D eigenvalue weighted by atomic mass is 14.4. The van der Waals surface area contributed by atoms with Gasteiger partial charge in [0.2, 0.25) is 0 Å². The van der Waals surface area contributed by atoms with Gasteiger partial charge in [0.15, 0.2) is 0 Å². The zero-order chi connectivity index (χ0) is 44.0. The molecule has 0 fully saturated rings. The summed E-state index contributed by atoms with van der Waals surface area (Å²) >= 11 is 0. The van der Waals surface area contributed by atoms with Crippen LogP contribution < -0.4 is 0 Å². The summed E-state index contributed by atoms with van der Waals surface area (Å²) in [5, 5.41) is 5.19. The zero-order valence-electron chi connectivity index (χ0n) is 38.0. The van der Waals surface area contributed by atoms with E-state index in [4.69, 9.17) is 0 Å². The fourth-order valence-electron chi connectivity index (χ4n) is 12.4. The third kappa shape index (κ3) is 5.32. The van der Waals surface area contributed by atoms with Crippen LogP contribution in [0.15, 0.2) is 194 Å². The van der Waals surface area contributed by atoms with Crippen molar-refractivity contribution >= 4 is 21.5 Å². The fraction of sp³-hybridized carbons (Fsp3) is 0.138. The first-order chi connectivity index (χ1) is 31.5. The molecule has 10 aromatic carbocycles. The molecule has 0 heteroatoms. The Morgan fingerprint density at radius 1 is 0.215 bits per heavy atom. The minimum absolute atomic E-state index is 0.106. The molecule has 10 aromatic rings. The Labute approximate surface area is 382 Å². The van der Waals surface area contributed by atoms with Crippen LogP contribution in [0, 0.1) is 0 Å². The van der Waals surface area contributed by atoms with E-state index in [0.29, 0.717) is 0 Å². The Kier molecular flexibility index (Phi) is 7.86. The molecule has 0 atom stereocenters. The zero-order valence-corrected chi connectivity index (χ0v) is 38.0. The summed E-state index contributed by atoms with van der Waals surface area (Å²) in [7, 11) is 0. The van der Waals surface area contributed by atoms with E-state index in [0.717, 1.165) is 0 Å². The molecule has 0 spiro atoms. The van der Waals surface area contributed by atoms with Gasteiger partial charge in [-0.05, 0) is 169 Å². The summed E-state index contributed by atoms with van der Waals surface area (Å²) in [6, 6.07) is 73.9. The molecule has 310 valence electrons. The van der Waals surface area contributed by atoms with Gasteiger partial charge in [-0.2, -0.15) is 0 Å². The molecule has 0 unspecified atom stereocenters. The minimum atomic E-state index is -0.222. The number of fused-ring (bicyclic) bond motifs is 11. The third-order valence-corrected chi connectivity index (χ3v) is 15.9. The van der Waals surface area contributed by atoms with Crippen LogP contribution in [0.4, 0.5) is 0 Å². The van der Waals surface area contributed by atoms with Crippen molar-refractivity contribution in [2.75, 3.05) is 0 Å². The number of benzene rings is 10. The fourth-order valence-corrected chi connectivity index (χ4v) is 12.4. The maximum Gasteiger partial charge on any atom is 0.0159 e. The van der Waals surface area contributed by atoms with Crippen molar-refractivity contribution < 1.29 is 0 Å². The standard InChI is InChI=1S/C65H50/c1-63(2)55-25-14-12-21-45(55)47-31-28-43(35-58(47)63)61-50-23-10-11-24-51(50)62(44-29-32-48-46-22-13-15-26-56(46)64(3,4)59(48)36-44)54-38-60-52(37-53(54)61)49-30-27-42(34-57(49)65(60,5)6)41-20-16-19-40(33-41)39-17-8-7-9-18-39/h7-38H,1-6H3. The molecular formula is C65H50. The van der Waals surface area contributed by atoms with Crippen molar-refractivity contribution in [2.24, 2.45) is 0 Å². The van der Waals surface area contributed by atoms with E-state index in [-0.39, 0.29) is 16.2 Å². The molecule has 3 aliphatic rings. The van der Waals surface area contributed by atoms with Gasteiger partial charge in [-0.1, -0.05) is 199 Å². The summed E-state index contributed by atoms with van der Waals surface area (Å²) in [6.45, 7) is 14.5. The van der Waals surface area contributed by atoms with Gasteiger partial charge in [0, 0.05) is 16.2 Å². The summed E-state index contributed by atoms with van der Waals surface area (Å²) < 4.78 is 0. The Morgan fingerprint density at radius 2 is 0.585 bits per heavy atom. The summed E-state index contributed by atoms with van der Waals surface area (Å²) in [4.78, 5) is 0. The van der Waals surface area contributed by atoms with E-state index in [1.165, 1.54) is 133 Å². The smallest absolute Gasteiger partial charge is 0.0159 e. The maximum atomic E-state index is 2.59. The summed E-state index contributed by atoms with van der Waals surface area (Å²) in [6.07, 6.45) is 0. The molecule has 0 saturated carbocycles. The largest absolute Gasteiger partial charge is 0.0622 e. The van der Waals surface area contributed by atoms with Crippen molar-refractivity contribution in [1.82, 2.24) is 0 Å². The average Bonchev–Trinajstić information content (AvgIpc) is 3.81. The molecule has 0 amide bonds. The monoisotopic (exact) mass is 830 g/mol. The van der Waals surface area contributed by atoms with Gasteiger partial charge in [0.25, 0.3) is 0 Å². The first-order valence-electron chi connectivity index (χ1n) is 23.3. The van der Waals surface area contributed by atoms with Gasteiger partial charge in [0.05, 0.1) is 0 Å². The van der Waals surface area contributed by atoms with Gasteiger partial charge in [-0.15, -0.1) is 0 Å². The normalized spacial score (nSPS) is 15.3. The van der Waals surface area contributed by atoms with Crippen LogP contribution in [0.5, 0.6) is 0 Å². The molecule has 0 saturated heterocycles. The van der Waals surface area contributed by atoms with Crippen molar-refractivity contribution in [3.05, 3.63) is 228 Å². The van der Waals surface area contributed by atoms with Gasteiger partial charge in [-0.3, -0.25) is 0 Å². The van der Waals surface area contributed by atoms with Gasteiger partial charge in [0.1, 0.15) is 0 Å². The van der Waals surface area contributed by atoms with E-state index < -0.39 is 0 Å². The molecule has 0 aromatic heterocycles. The Balaban J connectivity index is 1.07. The van der Waals surface area contributed by atoms with E-state index in [2.05, 4.69) is 236 Å². The molecule has 0 bridgehead atoms. The van der Waals surface area contributed by atoms with Crippen LogP contribution in [0.25, 0.3) is 99.4 Å². The van der Waals surface area contributed by atoms with Crippen molar-refractivity contribution in [2.45, 2.75) is 57.8 Å². The quantitative estimate of drug-likeness (QED) is 0.155. The number of hydrogen-bond donors (Lipinski definition) is 0. The van der Waals surface area contributed by atoms with E-state index in [9.17, 15) is 0 Å². The first kappa shape index (κ1) is 38.2. The van der Waals surface area contributed by atoms with E-state index in [1.54, 1.807) is 0 Å². The maximum absolute atomic E-state index is 2.59. The van der Waals surface area contributed by atoms with E-state index >= 15 is 0 Å². The lowest BCUT2D eigenvalue weighted by Crippen LogP contribution is -2.15. The van der Waals surface area contributed by atoms with Crippen LogP contribution in [0.1, 0.15) is 74.9 Å². The number of rotatable bonds is 4. The minimum Gasteiger partial charge on any atom is -0.0622 e. The summed E-state index contributed by atoms with van der Waals surface area (Å²) in [5.41, 5.74) is 26.2. The van der Waals surface area contributed by atoms with Crippen LogP contribution in [-0.4, -0.2) is 0 Å². The van der Waals surface area contributed by atoms with Crippen LogP contribution in [-0.2, 0) is 16.2 Å². The lowest BCUT2D eigenvalue weighted by Gasteiger charge is -2.25. The predicted molar refractivity (Wildman–Crippen MR) is 276 cm³/mol. The Hall–Kier alpha value is -7.28. The first-order valence-corrected chi connectivity index (χ1v) is 23.3.